The molecule has 0 saturated carbocycles. The van der Waals surface area contributed by atoms with Crippen LogP contribution < -0.4 is 0 Å². The third-order valence-corrected chi connectivity index (χ3v) is 3.36. The van der Waals surface area contributed by atoms with Gasteiger partial charge in [-0.1, -0.05) is 0 Å². The van der Waals surface area contributed by atoms with Gasteiger partial charge in [0.15, 0.2) is 0 Å². The van der Waals surface area contributed by atoms with Crippen molar-refractivity contribution in [1.29, 1.82) is 0 Å². The van der Waals surface area contributed by atoms with Crippen molar-refractivity contribution < 1.29 is 14.6 Å². The highest BCUT2D eigenvalue weighted by Crippen LogP contribution is 2.35. The van der Waals surface area contributed by atoms with Crippen LogP contribution in [0.1, 0.15) is 16.7 Å². The fourth-order valence-corrected chi connectivity index (χ4v) is 2.29. The predicted octanol–water partition coefficient (Wildman–Crippen LogP) is 1.46. The first kappa shape index (κ1) is 9.15. The molecule has 1 fully saturated rings. The Kier molecular flexibility index (Phi) is 2.38. The van der Waals surface area contributed by atoms with Crippen molar-refractivity contribution >= 4 is 11.3 Å². The molecular weight excluding hydrogens is 188 g/mol. The summed E-state index contributed by atoms with van der Waals surface area (Å²) in [4.78, 5) is 1.96. The van der Waals surface area contributed by atoms with Gasteiger partial charge in [0.2, 0.25) is 5.79 Å². The maximum absolute atomic E-state index is 8.91. The van der Waals surface area contributed by atoms with E-state index in [4.69, 9.17) is 14.6 Å². The van der Waals surface area contributed by atoms with Gasteiger partial charge in [0, 0.05) is 4.88 Å². The molecule has 0 bridgehead atoms. The van der Waals surface area contributed by atoms with Crippen LogP contribution in [0.25, 0.3) is 0 Å². The summed E-state index contributed by atoms with van der Waals surface area (Å²) >= 11 is 1.53. The summed E-state index contributed by atoms with van der Waals surface area (Å²) in [7, 11) is 0. The number of rotatable bonds is 2. The monoisotopic (exact) mass is 200 g/mol. The van der Waals surface area contributed by atoms with Gasteiger partial charge in [-0.25, -0.2) is 0 Å². The molecule has 2 heterocycles. The highest BCUT2D eigenvalue weighted by atomic mass is 32.1. The van der Waals surface area contributed by atoms with E-state index in [2.05, 4.69) is 0 Å². The fourth-order valence-electron chi connectivity index (χ4n) is 1.36. The zero-order valence-electron chi connectivity index (χ0n) is 7.45. The minimum atomic E-state index is -0.585. The minimum absolute atomic E-state index is 0.0841. The Hall–Kier alpha value is -0.420. The SMILES string of the molecule is CC1(c2ccc(CO)s2)OCCO1. The highest BCUT2D eigenvalue weighted by Gasteiger charge is 2.34. The molecule has 1 aliphatic heterocycles. The molecule has 13 heavy (non-hydrogen) atoms. The van der Waals surface area contributed by atoms with Gasteiger partial charge in [-0.2, -0.15) is 0 Å². The molecule has 2 rings (SSSR count). The third kappa shape index (κ3) is 1.62. The molecule has 0 spiro atoms. The maximum Gasteiger partial charge on any atom is 0.201 e. The van der Waals surface area contributed by atoms with Gasteiger partial charge >= 0.3 is 0 Å². The molecule has 1 aromatic rings. The second-order valence-electron chi connectivity index (χ2n) is 3.07. The van der Waals surface area contributed by atoms with Crippen molar-refractivity contribution in [3.05, 3.63) is 21.9 Å². The van der Waals surface area contributed by atoms with E-state index in [1.54, 1.807) is 0 Å². The smallest absolute Gasteiger partial charge is 0.201 e. The second-order valence-corrected chi connectivity index (χ2v) is 4.24. The summed E-state index contributed by atoms with van der Waals surface area (Å²) in [6.45, 7) is 3.28. The van der Waals surface area contributed by atoms with E-state index in [-0.39, 0.29) is 6.61 Å². The van der Waals surface area contributed by atoms with Gasteiger partial charge in [-0.3, -0.25) is 0 Å². The van der Waals surface area contributed by atoms with Gasteiger partial charge in [0.05, 0.1) is 24.7 Å². The van der Waals surface area contributed by atoms with Gasteiger partial charge in [-0.05, 0) is 19.1 Å². The maximum atomic E-state index is 8.91. The molecule has 0 amide bonds. The lowest BCUT2D eigenvalue weighted by atomic mass is 10.2. The Morgan fingerprint density at radius 2 is 2.15 bits per heavy atom. The zero-order valence-corrected chi connectivity index (χ0v) is 8.26. The summed E-state index contributed by atoms with van der Waals surface area (Å²) in [5.74, 6) is -0.585. The summed E-state index contributed by atoms with van der Waals surface area (Å²) in [5, 5.41) is 8.91. The molecule has 0 aromatic carbocycles. The molecule has 1 saturated heterocycles. The molecule has 0 atom stereocenters. The molecule has 0 aliphatic carbocycles. The van der Waals surface area contributed by atoms with E-state index >= 15 is 0 Å². The first-order valence-corrected chi connectivity index (χ1v) is 5.04. The quantitative estimate of drug-likeness (QED) is 0.785. The van der Waals surface area contributed by atoms with Crippen LogP contribution in [0.5, 0.6) is 0 Å². The zero-order chi connectivity index (χ0) is 9.31. The Labute approximate surface area is 80.9 Å². The highest BCUT2D eigenvalue weighted by molar-refractivity contribution is 7.12. The largest absolute Gasteiger partial charge is 0.391 e. The van der Waals surface area contributed by atoms with E-state index in [0.717, 1.165) is 9.75 Å². The average molecular weight is 200 g/mol. The average Bonchev–Trinajstić information content (AvgIpc) is 2.72. The second kappa shape index (κ2) is 3.38. The van der Waals surface area contributed by atoms with E-state index in [9.17, 15) is 0 Å². The number of hydrogen-bond donors (Lipinski definition) is 1. The van der Waals surface area contributed by atoms with E-state index in [0.29, 0.717) is 13.2 Å². The molecular formula is C9H12O3S. The molecule has 1 aliphatic rings. The van der Waals surface area contributed by atoms with Gasteiger partial charge in [0.1, 0.15) is 0 Å². The van der Waals surface area contributed by atoms with E-state index < -0.39 is 5.79 Å². The minimum Gasteiger partial charge on any atom is -0.391 e. The Bertz CT molecular complexity index is 289. The van der Waals surface area contributed by atoms with Crippen LogP contribution in [-0.4, -0.2) is 18.3 Å². The van der Waals surface area contributed by atoms with E-state index in [1.807, 2.05) is 19.1 Å². The van der Waals surface area contributed by atoms with Crippen LogP contribution in [-0.2, 0) is 21.9 Å². The Balaban J connectivity index is 2.23. The molecule has 0 unspecified atom stereocenters. The van der Waals surface area contributed by atoms with Crippen molar-refractivity contribution in [3.63, 3.8) is 0 Å². The van der Waals surface area contributed by atoms with Crippen LogP contribution in [0.2, 0.25) is 0 Å². The molecule has 4 heteroatoms. The summed E-state index contributed by atoms with van der Waals surface area (Å²) in [5.41, 5.74) is 0. The van der Waals surface area contributed by atoms with Gasteiger partial charge in [0.25, 0.3) is 0 Å². The number of aliphatic hydroxyl groups excluding tert-OH is 1. The van der Waals surface area contributed by atoms with Gasteiger partial charge in [-0.15, -0.1) is 11.3 Å². The fraction of sp³-hybridized carbons (Fsp3) is 0.556. The topological polar surface area (TPSA) is 38.7 Å². The van der Waals surface area contributed by atoms with Crippen LogP contribution >= 0.6 is 11.3 Å². The van der Waals surface area contributed by atoms with Crippen molar-refractivity contribution in [3.8, 4) is 0 Å². The van der Waals surface area contributed by atoms with Crippen molar-refractivity contribution in [2.45, 2.75) is 19.3 Å². The molecule has 3 nitrogen and oxygen atoms in total. The Morgan fingerprint density at radius 1 is 1.46 bits per heavy atom. The third-order valence-electron chi connectivity index (χ3n) is 2.10. The molecule has 1 aromatic heterocycles. The lowest BCUT2D eigenvalue weighted by Crippen LogP contribution is -2.20. The first-order chi connectivity index (χ1) is 6.24. The van der Waals surface area contributed by atoms with Crippen molar-refractivity contribution in [2.24, 2.45) is 0 Å². The van der Waals surface area contributed by atoms with Crippen LogP contribution in [0, 0.1) is 0 Å². The van der Waals surface area contributed by atoms with Crippen molar-refractivity contribution in [1.82, 2.24) is 0 Å². The van der Waals surface area contributed by atoms with Crippen LogP contribution in [0.15, 0.2) is 12.1 Å². The number of aliphatic hydroxyl groups is 1. The number of thiophene rings is 1. The summed E-state index contributed by atoms with van der Waals surface area (Å²) < 4.78 is 11.0. The number of hydrogen-bond acceptors (Lipinski definition) is 4. The molecule has 1 N–H and O–H groups in total. The van der Waals surface area contributed by atoms with Crippen LogP contribution in [0.4, 0.5) is 0 Å². The lowest BCUT2D eigenvalue weighted by molar-refractivity contribution is -0.146. The summed E-state index contributed by atoms with van der Waals surface area (Å²) in [6.07, 6.45) is 0. The first-order valence-electron chi connectivity index (χ1n) is 4.22. The molecule has 0 radical (unpaired) electrons. The molecule has 72 valence electrons. The van der Waals surface area contributed by atoms with E-state index in [1.165, 1.54) is 11.3 Å². The van der Waals surface area contributed by atoms with Crippen LogP contribution in [0.3, 0.4) is 0 Å². The predicted molar refractivity (Wildman–Crippen MR) is 49.5 cm³/mol. The normalized spacial score (nSPS) is 20.8. The summed E-state index contributed by atoms with van der Waals surface area (Å²) in [6, 6.07) is 3.85. The number of ether oxygens (including phenoxy) is 2. The van der Waals surface area contributed by atoms with Crippen molar-refractivity contribution in [2.75, 3.05) is 13.2 Å². The van der Waals surface area contributed by atoms with Gasteiger partial charge < -0.3 is 14.6 Å². The Morgan fingerprint density at radius 3 is 2.69 bits per heavy atom. The standard InChI is InChI=1S/C9H12O3S/c1-9(11-4-5-12-9)8-3-2-7(6-10)13-8/h2-3,10H,4-6H2,1H3. The lowest BCUT2D eigenvalue weighted by Gasteiger charge is -2.20.